The first-order valence-corrected chi connectivity index (χ1v) is 13.3. The maximum atomic E-state index is 13.5. The monoisotopic (exact) mass is 599 g/mol. The third-order valence-electron chi connectivity index (χ3n) is 6.22. The van der Waals surface area contributed by atoms with Crippen LogP contribution in [0.2, 0.25) is 0 Å². The summed E-state index contributed by atoms with van der Waals surface area (Å²) in [4.78, 5) is 66.1. The molecule has 3 amide bonds. The van der Waals surface area contributed by atoms with Crippen LogP contribution in [-0.2, 0) is 36.8 Å². The van der Waals surface area contributed by atoms with Gasteiger partial charge in [-0.25, -0.2) is 4.79 Å². The van der Waals surface area contributed by atoms with Gasteiger partial charge in [-0.05, 0) is 42.5 Å². The molecule has 43 heavy (non-hydrogen) atoms. The van der Waals surface area contributed by atoms with Crippen molar-refractivity contribution in [1.82, 2.24) is 16.0 Å². The molecule has 0 saturated heterocycles. The average Bonchev–Trinajstić information content (AvgIpc) is 2.94. The van der Waals surface area contributed by atoms with Gasteiger partial charge < -0.3 is 48.5 Å². The summed E-state index contributed by atoms with van der Waals surface area (Å²) in [6.45, 7) is 0.144. The van der Waals surface area contributed by atoms with E-state index >= 15 is 0 Å². The molecule has 0 bridgehead atoms. The van der Waals surface area contributed by atoms with Gasteiger partial charge in [-0.15, -0.1) is 0 Å². The van der Waals surface area contributed by atoms with Gasteiger partial charge in [-0.1, -0.05) is 42.5 Å². The molecule has 12 N–H and O–H groups in total. The number of aromatic hydroxyl groups is 1. The first kappa shape index (κ1) is 34.0. The predicted molar refractivity (Wildman–Crippen MR) is 156 cm³/mol. The third-order valence-corrected chi connectivity index (χ3v) is 6.22. The highest BCUT2D eigenvalue weighted by Crippen LogP contribution is 2.12. The number of benzene rings is 2. The lowest BCUT2D eigenvalue weighted by Gasteiger charge is -2.25. The van der Waals surface area contributed by atoms with Crippen LogP contribution in [-0.4, -0.2) is 81.7 Å². The summed E-state index contributed by atoms with van der Waals surface area (Å²) in [5.74, 6) is -5.62. The van der Waals surface area contributed by atoms with Crippen molar-refractivity contribution < 1.29 is 39.3 Å². The van der Waals surface area contributed by atoms with E-state index in [-0.39, 0.29) is 43.9 Å². The number of hydrogen-bond acceptors (Lipinski definition) is 8. The second-order valence-electron chi connectivity index (χ2n) is 9.74. The number of aliphatic carboxylic acids is 2. The molecule has 2 aromatic rings. The summed E-state index contributed by atoms with van der Waals surface area (Å²) in [6, 6.07) is 9.36. The molecule has 4 unspecified atom stereocenters. The van der Waals surface area contributed by atoms with E-state index in [1.165, 1.54) is 24.3 Å². The van der Waals surface area contributed by atoms with E-state index in [2.05, 4.69) is 20.9 Å². The number of carboxylic acids is 2. The van der Waals surface area contributed by atoms with Crippen molar-refractivity contribution in [2.24, 2.45) is 22.2 Å². The zero-order valence-corrected chi connectivity index (χ0v) is 23.3. The number of nitrogens with two attached hydrogens (primary N) is 3. The van der Waals surface area contributed by atoms with Gasteiger partial charge in [0.25, 0.3) is 0 Å². The first-order valence-electron chi connectivity index (χ1n) is 13.3. The Bertz CT molecular complexity index is 1280. The van der Waals surface area contributed by atoms with E-state index in [0.29, 0.717) is 5.56 Å². The van der Waals surface area contributed by atoms with Gasteiger partial charge in [0.05, 0.1) is 12.5 Å². The SMILES string of the molecule is NC(N)=NCCCC(NC(=O)C(N)Cc1ccccc1)C(=O)NC(Cc1ccc(O)cc1)C(=O)NC(CC(=O)O)C(=O)O. The summed E-state index contributed by atoms with van der Waals surface area (Å²) in [5, 5.41) is 35.3. The largest absolute Gasteiger partial charge is 0.508 e. The zero-order chi connectivity index (χ0) is 31.9. The average molecular weight is 600 g/mol. The molecule has 0 aliphatic carbocycles. The van der Waals surface area contributed by atoms with Gasteiger partial charge >= 0.3 is 11.9 Å². The van der Waals surface area contributed by atoms with E-state index in [4.69, 9.17) is 22.3 Å². The summed E-state index contributed by atoms with van der Waals surface area (Å²) in [6.07, 6.45) is -0.542. The van der Waals surface area contributed by atoms with Crippen molar-refractivity contribution in [3.8, 4) is 5.75 Å². The summed E-state index contributed by atoms with van der Waals surface area (Å²) in [7, 11) is 0. The second-order valence-corrected chi connectivity index (χ2v) is 9.74. The van der Waals surface area contributed by atoms with Crippen LogP contribution in [0.5, 0.6) is 5.75 Å². The van der Waals surface area contributed by atoms with E-state index in [0.717, 1.165) is 5.56 Å². The van der Waals surface area contributed by atoms with E-state index in [1.807, 2.05) is 6.07 Å². The third kappa shape index (κ3) is 12.5. The minimum Gasteiger partial charge on any atom is -0.508 e. The molecular weight excluding hydrogens is 562 g/mol. The maximum Gasteiger partial charge on any atom is 0.326 e. The Morgan fingerprint density at radius 2 is 1.30 bits per heavy atom. The molecule has 0 aliphatic heterocycles. The normalized spacial score (nSPS) is 13.4. The molecule has 4 atom stereocenters. The second kappa shape index (κ2) is 16.9. The van der Waals surface area contributed by atoms with Crippen molar-refractivity contribution in [2.45, 2.75) is 56.3 Å². The molecule has 0 spiro atoms. The molecule has 2 rings (SSSR count). The minimum absolute atomic E-state index is 0.0448. The number of phenolic OH excluding ortho intramolecular Hbond substituents is 1. The van der Waals surface area contributed by atoms with Crippen molar-refractivity contribution in [3.05, 3.63) is 65.7 Å². The minimum atomic E-state index is -1.77. The number of hydrogen-bond donors (Lipinski definition) is 9. The van der Waals surface area contributed by atoms with E-state index in [9.17, 15) is 34.2 Å². The van der Waals surface area contributed by atoms with Crippen LogP contribution < -0.4 is 33.2 Å². The van der Waals surface area contributed by atoms with Crippen molar-refractivity contribution >= 4 is 35.6 Å². The van der Waals surface area contributed by atoms with Crippen molar-refractivity contribution in [1.29, 1.82) is 0 Å². The van der Waals surface area contributed by atoms with Crippen molar-refractivity contribution in [2.75, 3.05) is 6.54 Å². The Labute approximate surface area is 247 Å². The van der Waals surface area contributed by atoms with Gasteiger partial charge in [-0.2, -0.15) is 0 Å². The quantitative estimate of drug-likeness (QED) is 0.0577. The lowest BCUT2D eigenvalue weighted by atomic mass is 10.0. The molecule has 0 radical (unpaired) electrons. The van der Waals surface area contributed by atoms with E-state index < -0.39 is 60.2 Å². The Morgan fingerprint density at radius 3 is 1.88 bits per heavy atom. The van der Waals surface area contributed by atoms with Crippen LogP contribution in [0.15, 0.2) is 59.6 Å². The van der Waals surface area contributed by atoms with Crippen LogP contribution in [0.1, 0.15) is 30.4 Å². The summed E-state index contributed by atoms with van der Waals surface area (Å²) < 4.78 is 0. The molecule has 0 saturated carbocycles. The van der Waals surface area contributed by atoms with Crippen molar-refractivity contribution in [3.63, 3.8) is 0 Å². The smallest absolute Gasteiger partial charge is 0.326 e. The molecule has 0 aliphatic rings. The van der Waals surface area contributed by atoms with Crippen LogP contribution in [0, 0.1) is 0 Å². The number of rotatable bonds is 17. The maximum absolute atomic E-state index is 13.5. The number of nitrogens with one attached hydrogen (secondary N) is 3. The Balaban J connectivity index is 2.27. The number of carbonyl (C=O) groups is 5. The highest BCUT2D eigenvalue weighted by molar-refractivity contribution is 5.94. The van der Waals surface area contributed by atoms with E-state index in [1.54, 1.807) is 24.3 Å². The van der Waals surface area contributed by atoms with Gasteiger partial charge in [0.1, 0.15) is 23.9 Å². The number of carbonyl (C=O) groups excluding carboxylic acids is 3. The lowest BCUT2D eigenvalue weighted by Crippen LogP contribution is -2.58. The Kier molecular flexibility index (Phi) is 13.4. The van der Waals surface area contributed by atoms with Crippen LogP contribution in [0.25, 0.3) is 0 Å². The van der Waals surface area contributed by atoms with Gasteiger partial charge in [0.2, 0.25) is 17.7 Å². The number of phenols is 1. The molecule has 15 heteroatoms. The standard InChI is InChI=1S/C28H37N7O8/c29-19(13-16-5-2-1-3-6-16)24(39)33-20(7-4-12-32-28(30)31)25(40)34-21(14-17-8-10-18(36)11-9-17)26(41)35-22(27(42)43)15-23(37)38/h1-3,5-6,8-11,19-22,36H,4,7,12-15,29H2,(H,33,39)(H,34,40)(H,35,41)(H,37,38)(H,42,43)(H4,30,31,32). The van der Waals surface area contributed by atoms with Crippen LogP contribution >= 0.6 is 0 Å². The topological polar surface area (TPSA) is 273 Å². The number of amides is 3. The highest BCUT2D eigenvalue weighted by Gasteiger charge is 2.31. The summed E-state index contributed by atoms with van der Waals surface area (Å²) >= 11 is 0. The van der Waals surface area contributed by atoms with Gasteiger partial charge in [0.15, 0.2) is 5.96 Å². The Morgan fingerprint density at radius 1 is 0.744 bits per heavy atom. The first-order chi connectivity index (χ1) is 20.3. The fraction of sp³-hybridized carbons (Fsp3) is 0.357. The van der Waals surface area contributed by atoms with Crippen LogP contribution in [0.3, 0.4) is 0 Å². The molecule has 15 nitrogen and oxygen atoms in total. The fourth-order valence-electron chi connectivity index (χ4n) is 4.01. The fourth-order valence-corrected chi connectivity index (χ4v) is 4.01. The van der Waals surface area contributed by atoms with Crippen LogP contribution in [0.4, 0.5) is 0 Å². The molecule has 0 fully saturated rings. The summed E-state index contributed by atoms with van der Waals surface area (Å²) in [5.41, 5.74) is 18.1. The molecular formula is C28H37N7O8. The van der Waals surface area contributed by atoms with Gasteiger partial charge in [-0.3, -0.25) is 24.2 Å². The number of aliphatic imine (C=N–C) groups is 1. The molecule has 0 heterocycles. The number of carboxylic acid groups (broad SMARTS) is 2. The molecule has 232 valence electrons. The zero-order valence-electron chi connectivity index (χ0n) is 23.3. The molecule has 2 aromatic carbocycles. The highest BCUT2D eigenvalue weighted by atomic mass is 16.4. The molecule has 0 aromatic heterocycles. The number of nitrogens with zero attached hydrogens (tertiary/aromatic N) is 1. The predicted octanol–water partition coefficient (Wildman–Crippen LogP) is -1.43. The Hall–Kier alpha value is -5.18. The van der Waals surface area contributed by atoms with Gasteiger partial charge in [0, 0.05) is 13.0 Å². The number of guanidine groups is 1. The lowest BCUT2D eigenvalue weighted by molar-refractivity contribution is -0.147.